The molecule has 0 aliphatic heterocycles. The Labute approximate surface area is 131 Å². The second kappa shape index (κ2) is 6.06. The number of carboxylic acids is 1. The van der Waals surface area contributed by atoms with Gasteiger partial charge in [-0.2, -0.15) is 13.2 Å². The third-order valence-corrected chi connectivity index (χ3v) is 2.98. The minimum atomic E-state index is -5.07. The van der Waals surface area contributed by atoms with Gasteiger partial charge in [0.1, 0.15) is 11.3 Å². The molecule has 128 valence electrons. The smallest absolute Gasteiger partial charge is 0.478 e. The van der Waals surface area contributed by atoms with E-state index in [1.165, 1.54) is 0 Å². The first-order valence-corrected chi connectivity index (χ1v) is 6.28. The number of hydrogen-bond donors (Lipinski definition) is 1. The average molecular weight is 350 g/mol. The lowest BCUT2D eigenvalue weighted by molar-refractivity contribution is -0.274. The summed E-state index contributed by atoms with van der Waals surface area (Å²) in [6, 6.07) is 6.57. The zero-order valence-corrected chi connectivity index (χ0v) is 11.6. The van der Waals surface area contributed by atoms with Gasteiger partial charge >= 0.3 is 18.5 Å². The number of aromatic carboxylic acids is 1. The summed E-state index contributed by atoms with van der Waals surface area (Å²) in [6.45, 7) is 0. The number of halogens is 6. The van der Waals surface area contributed by atoms with E-state index in [9.17, 15) is 31.1 Å². The lowest BCUT2D eigenvalue weighted by Crippen LogP contribution is -2.19. The van der Waals surface area contributed by atoms with Gasteiger partial charge in [-0.15, -0.1) is 13.2 Å². The summed E-state index contributed by atoms with van der Waals surface area (Å²) >= 11 is 0. The molecule has 0 unspecified atom stereocenters. The molecule has 2 aromatic rings. The molecule has 24 heavy (non-hydrogen) atoms. The van der Waals surface area contributed by atoms with Crippen molar-refractivity contribution in [3.63, 3.8) is 0 Å². The standard InChI is InChI=1S/C15H8F6O3/c16-14(17,18)10-4-1-8(2-5-10)9-3-6-12(24-15(19,20)21)11(7-9)13(22)23/h1-7H,(H,22,23). The maximum Gasteiger partial charge on any atom is 0.573 e. The van der Waals surface area contributed by atoms with Gasteiger partial charge in [0, 0.05) is 0 Å². The van der Waals surface area contributed by atoms with Crippen molar-refractivity contribution in [1.29, 1.82) is 0 Å². The van der Waals surface area contributed by atoms with Crippen molar-refractivity contribution in [2.75, 3.05) is 0 Å². The second-order valence-electron chi connectivity index (χ2n) is 4.64. The van der Waals surface area contributed by atoms with E-state index < -0.39 is 35.4 Å². The highest BCUT2D eigenvalue weighted by Gasteiger charge is 2.33. The predicted octanol–water partition coefficient (Wildman–Crippen LogP) is 4.97. The number of alkyl halides is 6. The molecule has 0 aliphatic carbocycles. The Kier molecular flexibility index (Phi) is 4.46. The van der Waals surface area contributed by atoms with Crippen molar-refractivity contribution in [2.45, 2.75) is 12.5 Å². The quantitative estimate of drug-likeness (QED) is 0.795. The van der Waals surface area contributed by atoms with Crippen LogP contribution in [-0.4, -0.2) is 17.4 Å². The molecule has 0 bridgehead atoms. The number of carbonyl (C=O) groups is 1. The molecule has 0 radical (unpaired) electrons. The SMILES string of the molecule is O=C(O)c1cc(-c2ccc(C(F)(F)F)cc2)ccc1OC(F)(F)F. The Morgan fingerprint density at radius 3 is 1.88 bits per heavy atom. The van der Waals surface area contributed by atoms with Crippen LogP contribution in [0, 0.1) is 0 Å². The molecule has 0 atom stereocenters. The van der Waals surface area contributed by atoms with Crippen molar-refractivity contribution >= 4 is 5.97 Å². The van der Waals surface area contributed by atoms with Crippen LogP contribution in [-0.2, 0) is 6.18 Å². The van der Waals surface area contributed by atoms with Gasteiger partial charge in [0.25, 0.3) is 0 Å². The molecule has 0 aliphatic rings. The molecule has 0 heterocycles. The summed E-state index contributed by atoms with van der Waals surface area (Å²) in [6.07, 6.45) is -9.60. The molecule has 2 rings (SSSR count). The summed E-state index contributed by atoms with van der Waals surface area (Å²) < 4.78 is 77.9. The number of rotatable bonds is 3. The normalized spacial score (nSPS) is 12.1. The molecule has 0 spiro atoms. The maximum absolute atomic E-state index is 12.5. The minimum Gasteiger partial charge on any atom is -0.478 e. The third kappa shape index (κ3) is 4.18. The Balaban J connectivity index is 2.42. The van der Waals surface area contributed by atoms with Gasteiger partial charge in [0.15, 0.2) is 0 Å². The van der Waals surface area contributed by atoms with E-state index in [4.69, 9.17) is 5.11 Å². The van der Waals surface area contributed by atoms with Crippen molar-refractivity contribution in [2.24, 2.45) is 0 Å². The molecule has 0 fully saturated rings. The van der Waals surface area contributed by atoms with Gasteiger partial charge in [0.05, 0.1) is 5.56 Å². The van der Waals surface area contributed by atoms with Gasteiger partial charge in [-0.1, -0.05) is 18.2 Å². The topological polar surface area (TPSA) is 46.5 Å². The fourth-order valence-electron chi connectivity index (χ4n) is 1.94. The van der Waals surface area contributed by atoms with Gasteiger partial charge in [-0.25, -0.2) is 4.79 Å². The number of hydrogen-bond acceptors (Lipinski definition) is 2. The van der Waals surface area contributed by atoms with Gasteiger partial charge < -0.3 is 9.84 Å². The first-order valence-electron chi connectivity index (χ1n) is 6.28. The summed E-state index contributed by atoms with van der Waals surface area (Å²) in [5.74, 6) is -2.58. The predicted molar refractivity (Wildman–Crippen MR) is 70.5 cm³/mol. The molecular weight excluding hydrogens is 342 g/mol. The van der Waals surface area contributed by atoms with Crippen LogP contribution in [0.3, 0.4) is 0 Å². The third-order valence-electron chi connectivity index (χ3n) is 2.98. The van der Waals surface area contributed by atoms with Gasteiger partial charge in [-0.05, 0) is 35.4 Å². The Morgan fingerprint density at radius 2 is 1.42 bits per heavy atom. The van der Waals surface area contributed by atoms with Gasteiger partial charge in [0.2, 0.25) is 0 Å². The molecule has 2 aromatic carbocycles. The Hall–Kier alpha value is -2.71. The highest BCUT2D eigenvalue weighted by atomic mass is 19.4. The fraction of sp³-hybridized carbons (Fsp3) is 0.133. The maximum atomic E-state index is 12.5. The molecule has 0 saturated heterocycles. The van der Waals surface area contributed by atoms with E-state index in [0.29, 0.717) is 0 Å². The van der Waals surface area contributed by atoms with Crippen molar-refractivity contribution in [3.05, 3.63) is 53.6 Å². The van der Waals surface area contributed by atoms with E-state index in [1.54, 1.807) is 0 Å². The number of carboxylic acid groups (broad SMARTS) is 1. The van der Waals surface area contributed by atoms with E-state index in [-0.39, 0.29) is 11.1 Å². The molecule has 0 aromatic heterocycles. The summed E-state index contributed by atoms with van der Waals surface area (Å²) in [7, 11) is 0. The average Bonchev–Trinajstić information content (AvgIpc) is 2.45. The fourth-order valence-corrected chi connectivity index (χ4v) is 1.94. The van der Waals surface area contributed by atoms with Crippen LogP contribution in [0.5, 0.6) is 5.75 Å². The molecule has 1 N–H and O–H groups in total. The number of benzene rings is 2. The monoisotopic (exact) mass is 350 g/mol. The molecule has 9 heteroatoms. The summed E-state index contributed by atoms with van der Waals surface area (Å²) in [4.78, 5) is 11.1. The van der Waals surface area contributed by atoms with Crippen molar-refractivity contribution < 1.29 is 41.0 Å². The highest BCUT2D eigenvalue weighted by molar-refractivity contribution is 5.92. The van der Waals surface area contributed by atoms with E-state index in [2.05, 4.69) is 4.74 Å². The van der Waals surface area contributed by atoms with Crippen LogP contribution in [0.15, 0.2) is 42.5 Å². The van der Waals surface area contributed by atoms with Crippen LogP contribution in [0.4, 0.5) is 26.3 Å². The largest absolute Gasteiger partial charge is 0.573 e. The van der Waals surface area contributed by atoms with Crippen molar-refractivity contribution in [3.8, 4) is 16.9 Å². The molecule has 3 nitrogen and oxygen atoms in total. The van der Waals surface area contributed by atoms with E-state index in [1.807, 2.05) is 0 Å². The molecule has 0 amide bonds. The van der Waals surface area contributed by atoms with Gasteiger partial charge in [-0.3, -0.25) is 0 Å². The number of ether oxygens (including phenoxy) is 1. The van der Waals surface area contributed by atoms with Crippen LogP contribution in [0.25, 0.3) is 11.1 Å². The first kappa shape index (κ1) is 17.6. The second-order valence-corrected chi connectivity index (χ2v) is 4.64. The first-order chi connectivity index (χ1) is 11.0. The van der Waals surface area contributed by atoms with E-state index in [0.717, 1.165) is 42.5 Å². The van der Waals surface area contributed by atoms with Crippen LogP contribution in [0.2, 0.25) is 0 Å². The minimum absolute atomic E-state index is 0.135. The zero-order valence-electron chi connectivity index (χ0n) is 11.6. The Morgan fingerprint density at radius 1 is 0.875 bits per heavy atom. The highest BCUT2D eigenvalue weighted by Crippen LogP contribution is 2.33. The van der Waals surface area contributed by atoms with Crippen LogP contribution in [0.1, 0.15) is 15.9 Å². The Bertz CT molecular complexity index is 747. The lowest BCUT2D eigenvalue weighted by Gasteiger charge is -2.13. The molecule has 0 saturated carbocycles. The zero-order chi connectivity index (χ0) is 18.1. The summed E-state index contributed by atoms with van der Waals surface area (Å²) in [5, 5.41) is 8.99. The summed E-state index contributed by atoms with van der Waals surface area (Å²) in [5.41, 5.74) is -1.31. The molecular formula is C15H8F6O3. The van der Waals surface area contributed by atoms with Crippen LogP contribution >= 0.6 is 0 Å². The lowest BCUT2D eigenvalue weighted by atomic mass is 10.0. The van der Waals surface area contributed by atoms with Crippen molar-refractivity contribution in [1.82, 2.24) is 0 Å². The van der Waals surface area contributed by atoms with Crippen LogP contribution < -0.4 is 4.74 Å². The van der Waals surface area contributed by atoms with E-state index >= 15 is 0 Å².